The van der Waals surface area contributed by atoms with Gasteiger partial charge in [-0.05, 0) is 57.2 Å². The van der Waals surface area contributed by atoms with E-state index in [1.165, 1.54) is 18.4 Å². The Morgan fingerprint density at radius 2 is 1.92 bits per heavy atom. The van der Waals surface area contributed by atoms with Gasteiger partial charge in [0, 0.05) is 31.2 Å². The fraction of sp³-hybridized carbons (Fsp3) is 0.650. The van der Waals surface area contributed by atoms with Gasteiger partial charge in [-0.3, -0.25) is 4.99 Å². The Hall–Kier alpha value is -1.75. The first-order chi connectivity index (χ1) is 12.3. The molecular formula is C20H31N3O2. The molecule has 2 aliphatic rings. The van der Waals surface area contributed by atoms with Crippen LogP contribution in [-0.2, 0) is 10.2 Å². The molecule has 1 aromatic rings. The van der Waals surface area contributed by atoms with Crippen LogP contribution < -0.4 is 15.4 Å². The normalized spacial score (nSPS) is 20.2. The average Bonchev–Trinajstić information content (AvgIpc) is 3.46. The van der Waals surface area contributed by atoms with Crippen molar-refractivity contribution in [2.75, 3.05) is 32.9 Å². The number of rotatable bonds is 7. The zero-order valence-electron chi connectivity index (χ0n) is 15.5. The van der Waals surface area contributed by atoms with Crippen molar-refractivity contribution in [3.8, 4) is 5.75 Å². The first kappa shape index (κ1) is 18.1. The molecule has 2 fully saturated rings. The second kappa shape index (κ2) is 8.56. The van der Waals surface area contributed by atoms with E-state index in [-0.39, 0.29) is 5.41 Å². The Bertz CT molecular complexity index is 561. The third-order valence-corrected chi connectivity index (χ3v) is 5.03. The second-order valence-electron chi connectivity index (χ2n) is 6.96. The molecule has 1 heterocycles. The van der Waals surface area contributed by atoms with E-state index in [2.05, 4.69) is 41.8 Å². The van der Waals surface area contributed by atoms with Crippen molar-refractivity contribution in [1.82, 2.24) is 10.6 Å². The Balaban J connectivity index is 1.77. The summed E-state index contributed by atoms with van der Waals surface area (Å²) >= 11 is 0. The van der Waals surface area contributed by atoms with E-state index in [0.29, 0.717) is 12.6 Å². The van der Waals surface area contributed by atoms with Gasteiger partial charge in [0.15, 0.2) is 5.96 Å². The maximum atomic E-state index is 5.63. The lowest BCUT2D eigenvalue weighted by molar-refractivity contribution is 0.0531. The number of nitrogens with one attached hydrogen (secondary N) is 2. The highest BCUT2D eigenvalue weighted by Gasteiger charge is 2.34. The Morgan fingerprint density at radius 3 is 2.52 bits per heavy atom. The number of hydrogen-bond acceptors (Lipinski definition) is 3. The lowest BCUT2D eigenvalue weighted by atomic mass is 9.74. The molecule has 5 nitrogen and oxygen atoms in total. The molecule has 25 heavy (non-hydrogen) atoms. The zero-order chi connectivity index (χ0) is 17.5. The van der Waals surface area contributed by atoms with Crippen LogP contribution in [-0.4, -0.2) is 44.9 Å². The monoisotopic (exact) mass is 345 g/mol. The van der Waals surface area contributed by atoms with Crippen molar-refractivity contribution in [2.45, 2.75) is 51.0 Å². The van der Waals surface area contributed by atoms with Crippen molar-refractivity contribution in [3.63, 3.8) is 0 Å². The van der Waals surface area contributed by atoms with Crippen molar-refractivity contribution in [3.05, 3.63) is 29.8 Å². The number of nitrogens with zero attached hydrogens (tertiary/aromatic N) is 1. The summed E-state index contributed by atoms with van der Waals surface area (Å²) in [6.45, 7) is 8.09. The van der Waals surface area contributed by atoms with Gasteiger partial charge in [0.25, 0.3) is 0 Å². The van der Waals surface area contributed by atoms with Gasteiger partial charge in [-0.25, -0.2) is 0 Å². The minimum absolute atomic E-state index is 0.0505. The molecule has 0 atom stereocenters. The molecule has 1 aliphatic carbocycles. The zero-order valence-corrected chi connectivity index (χ0v) is 15.5. The fourth-order valence-corrected chi connectivity index (χ4v) is 3.34. The predicted octanol–water partition coefficient (Wildman–Crippen LogP) is 2.85. The van der Waals surface area contributed by atoms with Gasteiger partial charge in [0.2, 0.25) is 0 Å². The molecule has 0 aromatic heterocycles. The van der Waals surface area contributed by atoms with Gasteiger partial charge >= 0.3 is 0 Å². The van der Waals surface area contributed by atoms with Gasteiger partial charge in [-0.15, -0.1) is 0 Å². The quantitative estimate of drug-likeness (QED) is 0.589. The van der Waals surface area contributed by atoms with Crippen molar-refractivity contribution >= 4 is 5.96 Å². The van der Waals surface area contributed by atoms with Gasteiger partial charge in [0.05, 0.1) is 13.2 Å². The Morgan fingerprint density at radius 1 is 1.20 bits per heavy atom. The van der Waals surface area contributed by atoms with Crippen LogP contribution >= 0.6 is 0 Å². The SMILES string of the molecule is CCNC(=NCC1(c2ccc(OCC)cc2)CCOCC1)NC1CC1. The highest BCUT2D eigenvalue weighted by atomic mass is 16.5. The molecule has 5 heteroatoms. The number of guanidine groups is 1. The van der Waals surface area contributed by atoms with E-state index in [1.807, 2.05) is 6.92 Å². The Labute approximate surface area is 151 Å². The molecule has 0 amide bonds. The molecule has 1 saturated carbocycles. The molecule has 1 aromatic carbocycles. The first-order valence-electron chi connectivity index (χ1n) is 9.61. The number of hydrogen-bond donors (Lipinski definition) is 2. The smallest absolute Gasteiger partial charge is 0.191 e. The van der Waals surface area contributed by atoms with Crippen LogP contribution in [0, 0.1) is 0 Å². The van der Waals surface area contributed by atoms with Crippen LogP contribution in [0.2, 0.25) is 0 Å². The van der Waals surface area contributed by atoms with Crippen LogP contribution in [0.1, 0.15) is 45.1 Å². The molecule has 0 radical (unpaired) electrons. The topological polar surface area (TPSA) is 54.9 Å². The summed E-state index contributed by atoms with van der Waals surface area (Å²) in [5.41, 5.74) is 1.39. The first-order valence-corrected chi connectivity index (χ1v) is 9.61. The minimum Gasteiger partial charge on any atom is -0.494 e. The summed E-state index contributed by atoms with van der Waals surface area (Å²) in [4.78, 5) is 4.93. The average molecular weight is 345 g/mol. The van der Waals surface area contributed by atoms with E-state index >= 15 is 0 Å². The van der Waals surface area contributed by atoms with Crippen LogP contribution in [0.4, 0.5) is 0 Å². The van der Waals surface area contributed by atoms with Crippen LogP contribution in [0.3, 0.4) is 0 Å². The predicted molar refractivity (Wildman–Crippen MR) is 101 cm³/mol. The largest absolute Gasteiger partial charge is 0.494 e. The summed E-state index contributed by atoms with van der Waals surface area (Å²) < 4.78 is 11.2. The van der Waals surface area contributed by atoms with Crippen molar-refractivity contribution < 1.29 is 9.47 Å². The van der Waals surface area contributed by atoms with E-state index in [4.69, 9.17) is 14.5 Å². The van der Waals surface area contributed by atoms with Gasteiger partial charge in [-0.2, -0.15) is 0 Å². The van der Waals surface area contributed by atoms with E-state index in [9.17, 15) is 0 Å². The molecule has 0 unspecified atom stereocenters. The summed E-state index contributed by atoms with van der Waals surface area (Å²) in [5, 5.41) is 6.89. The van der Waals surface area contributed by atoms with Gasteiger partial charge in [-0.1, -0.05) is 12.1 Å². The summed E-state index contributed by atoms with van der Waals surface area (Å²) in [6, 6.07) is 9.16. The third-order valence-electron chi connectivity index (χ3n) is 5.03. The maximum absolute atomic E-state index is 5.63. The van der Waals surface area contributed by atoms with Crippen LogP contribution in [0.25, 0.3) is 0 Å². The molecule has 1 aliphatic heterocycles. The second-order valence-corrected chi connectivity index (χ2v) is 6.96. The lowest BCUT2D eigenvalue weighted by Gasteiger charge is -2.36. The Kier molecular flexibility index (Phi) is 6.19. The molecule has 2 N–H and O–H groups in total. The molecule has 3 rings (SSSR count). The highest BCUT2D eigenvalue weighted by Crippen LogP contribution is 2.36. The van der Waals surface area contributed by atoms with E-state index in [0.717, 1.165) is 50.9 Å². The minimum atomic E-state index is 0.0505. The number of benzene rings is 1. The van der Waals surface area contributed by atoms with Gasteiger partial charge in [0.1, 0.15) is 5.75 Å². The highest BCUT2D eigenvalue weighted by molar-refractivity contribution is 5.80. The van der Waals surface area contributed by atoms with E-state index < -0.39 is 0 Å². The lowest BCUT2D eigenvalue weighted by Crippen LogP contribution is -2.42. The van der Waals surface area contributed by atoms with E-state index in [1.54, 1.807) is 0 Å². The molecule has 0 bridgehead atoms. The van der Waals surface area contributed by atoms with Crippen molar-refractivity contribution in [2.24, 2.45) is 4.99 Å². The summed E-state index contributed by atoms with van der Waals surface area (Å²) in [7, 11) is 0. The fourth-order valence-electron chi connectivity index (χ4n) is 3.34. The third kappa shape index (κ3) is 4.88. The van der Waals surface area contributed by atoms with Gasteiger partial charge < -0.3 is 20.1 Å². The van der Waals surface area contributed by atoms with Crippen LogP contribution in [0.5, 0.6) is 5.75 Å². The number of ether oxygens (including phenoxy) is 2. The molecular weight excluding hydrogens is 314 g/mol. The maximum Gasteiger partial charge on any atom is 0.191 e. The number of aliphatic imine (C=N–C) groups is 1. The standard InChI is InChI=1S/C20H31N3O2/c1-3-21-19(23-17-7-8-17)22-15-20(11-13-24-14-12-20)16-5-9-18(10-6-16)25-4-2/h5-6,9-10,17H,3-4,7-8,11-15H2,1-2H3,(H2,21,22,23). The molecule has 138 valence electrons. The molecule has 1 saturated heterocycles. The molecule has 0 spiro atoms. The summed E-state index contributed by atoms with van der Waals surface area (Å²) in [6.07, 6.45) is 4.52. The summed E-state index contributed by atoms with van der Waals surface area (Å²) in [5.74, 6) is 1.88. The van der Waals surface area contributed by atoms with Crippen molar-refractivity contribution in [1.29, 1.82) is 0 Å². The van der Waals surface area contributed by atoms with Crippen LogP contribution in [0.15, 0.2) is 29.3 Å².